The highest BCUT2D eigenvalue weighted by atomic mass is 35.5. The largest absolute Gasteiger partial charge is 0.331 e. The Labute approximate surface area is 198 Å². The van der Waals surface area contributed by atoms with Crippen LogP contribution in [-0.4, -0.2) is 9.13 Å². The van der Waals surface area contributed by atoms with Crippen LogP contribution >= 0.6 is 11.6 Å². The molecule has 0 bridgehead atoms. The number of rotatable bonds is 5. The van der Waals surface area contributed by atoms with Gasteiger partial charge in [-0.1, -0.05) is 85.5 Å². The van der Waals surface area contributed by atoms with Gasteiger partial charge < -0.3 is 0 Å². The number of benzene rings is 3. The van der Waals surface area contributed by atoms with Crippen molar-refractivity contribution < 1.29 is 0 Å². The topological polar surface area (TPSA) is 44.0 Å². The zero-order valence-electron chi connectivity index (χ0n) is 18.5. The Kier molecular flexibility index (Phi) is 6.19. The lowest BCUT2D eigenvalue weighted by Crippen LogP contribution is -2.42. The van der Waals surface area contributed by atoms with Gasteiger partial charge in [0.2, 0.25) is 0 Å². The number of aromatic nitrogens is 2. The lowest BCUT2D eigenvalue weighted by atomic mass is 9.89. The monoisotopic (exact) mass is 458 g/mol. The molecule has 1 aromatic heterocycles. The van der Waals surface area contributed by atoms with E-state index in [-0.39, 0.29) is 11.2 Å². The second kappa shape index (κ2) is 9.40. The second-order valence-corrected chi connectivity index (χ2v) is 9.41. The van der Waals surface area contributed by atoms with E-state index in [2.05, 4.69) is 18.2 Å². The summed E-state index contributed by atoms with van der Waals surface area (Å²) in [5.74, 6) is 0.367. The molecule has 0 saturated heterocycles. The highest BCUT2D eigenvalue weighted by molar-refractivity contribution is 6.31. The van der Waals surface area contributed by atoms with E-state index < -0.39 is 0 Å². The molecule has 0 unspecified atom stereocenters. The van der Waals surface area contributed by atoms with Gasteiger partial charge in [0.05, 0.1) is 17.4 Å². The molecule has 33 heavy (non-hydrogen) atoms. The average Bonchev–Trinajstić information content (AvgIpc) is 2.86. The van der Waals surface area contributed by atoms with Crippen molar-refractivity contribution in [2.45, 2.75) is 45.2 Å². The Morgan fingerprint density at radius 1 is 0.818 bits per heavy atom. The van der Waals surface area contributed by atoms with E-state index in [9.17, 15) is 9.59 Å². The Hall–Kier alpha value is -3.11. The molecular weight excluding hydrogens is 432 g/mol. The van der Waals surface area contributed by atoms with Gasteiger partial charge >= 0.3 is 5.69 Å². The lowest BCUT2D eigenvalue weighted by molar-refractivity contribution is 0.310. The maximum absolute atomic E-state index is 13.7. The Morgan fingerprint density at radius 3 is 2.33 bits per heavy atom. The van der Waals surface area contributed by atoms with Gasteiger partial charge in [-0.15, -0.1) is 0 Å². The number of nitrogens with zero attached hydrogens (tertiary/aromatic N) is 2. The van der Waals surface area contributed by atoms with E-state index in [0.29, 0.717) is 34.9 Å². The van der Waals surface area contributed by atoms with E-state index in [4.69, 9.17) is 11.6 Å². The molecule has 1 fully saturated rings. The van der Waals surface area contributed by atoms with E-state index in [1.54, 1.807) is 22.8 Å². The average molecular weight is 459 g/mol. The van der Waals surface area contributed by atoms with Crippen molar-refractivity contribution in [2.24, 2.45) is 5.92 Å². The van der Waals surface area contributed by atoms with Crippen LogP contribution in [0.2, 0.25) is 5.02 Å². The molecule has 0 amide bonds. The van der Waals surface area contributed by atoms with E-state index in [1.807, 2.05) is 36.4 Å². The van der Waals surface area contributed by atoms with Crippen LogP contribution in [0.1, 0.15) is 37.7 Å². The number of hydrogen-bond donors (Lipinski definition) is 0. The van der Waals surface area contributed by atoms with Crippen LogP contribution in [0.25, 0.3) is 22.0 Å². The molecule has 1 heterocycles. The Balaban J connectivity index is 1.66. The van der Waals surface area contributed by atoms with Crippen LogP contribution in [0.3, 0.4) is 0 Å². The molecule has 3 aromatic carbocycles. The highest BCUT2D eigenvalue weighted by Gasteiger charge is 2.20. The summed E-state index contributed by atoms with van der Waals surface area (Å²) >= 11 is 6.26. The van der Waals surface area contributed by atoms with Crippen LogP contribution < -0.4 is 11.2 Å². The zero-order valence-corrected chi connectivity index (χ0v) is 19.3. The van der Waals surface area contributed by atoms with E-state index in [0.717, 1.165) is 42.4 Å². The van der Waals surface area contributed by atoms with Crippen molar-refractivity contribution in [1.29, 1.82) is 0 Å². The molecule has 1 aliphatic rings. The molecule has 4 nitrogen and oxygen atoms in total. The molecule has 168 valence electrons. The van der Waals surface area contributed by atoms with Crippen molar-refractivity contribution in [2.75, 3.05) is 0 Å². The minimum Gasteiger partial charge on any atom is -0.289 e. The summed E-state index contributed by atoms with van der Waals surface area (Å²) in [6, 6.07) is 23.5. The molecular formula is C28H27ClN2O2. The second-order valence-electron chi connectivity index (χ2n) is 8.97. The maximum atomic E-state index is 13.7. The standard InChI is InChI=1S/C28H27ClN2O2/c29-23-15-16-26-25(17-23)27(32)31(18-20-9-3-1-4-10-20)28(33)30(26)19-22-13-7-8-14-24(22)21-11-5-2-6-12-21/h2,5-8,11-17,20H,1,3-4,9-10,18-19H2. The normalized spacial score (nSPS) is 14.6. The van der Waals surface area contributed by atoms with Crippen molar-refractivity contribution in [1.82, 2.24) is 9.13 Å². The fourth-order valence-electron chi connectivity index (χ4n) is 5.07. The number of fused-ring (bicyclic) bond motifs is 1. The van der Waals surface area contributed by atoms with E-state index >= 15 is 0 Å². The molecule has 4 aromatic rings. The lowest BCUT2D eigenvalue weighted by Gasteiger charge is -2.23. The quantitative estimate of drug-likeness (QED) is 0.362. The third kappa shape index (κ3) is 4.40. The predicted molar refractivity (Wildman–Crippen MR) is 135 cm³/mol. The molecule has 0 spiro atoms. The van der Waals surface area contributed by atoms with Gasteiger partial charge in [-0.3, -0.25) is 13.9 Å². The summed E-state index contributed by atoms with van der Waals surface area (Å²) < 4.78 is 3.18. The molecule has 0 aliphatic heterocycles. The molecule has 1 saturated carbocycles. The highest BCUT2D eigenvalue weighted by Crippen LogP contribution is 2.26. The predicted octanol–water partition coefficient (Wildman–Crippen LogP) is 6.11. The molecule has 0 atom stereocenters. The fourth-order valence-corrected chi connectivity index (χ4v) is 5.24. The summed E-state index contributed by atoms with van der Waals surface area (Å²) in [7, 11) is 0. The van der Waals surface area contributed by atoms with Gasteiger partial charge in [0.1, 0.15) is 0 Å². The zero-order chi connectivity index (χ0) is 22.8. The summed E-state index contributed by atoms with van der Waals surface area (Å²) in [6.45, 7) is 0.855. The van der Waals surface area contributed by atoms with Crippen LogP contribution in [0.15, 0.2) is 82.4 Å². The number of halogens is 1. The molecule has 5 rings (SSSR count). The van der Waals surface area contributed by atoms with Gasteiger partial charge in [-0.25, -0.2) is 4.79 Å². The summed E-state index contributed by atoms with van der Waals surface area (Å²) in [4.78, 5) is 27.1. The summed E-state index contributed by atoms with van der Waals surface area (Å²) in [5, 5.41) is 0.994. The van der Waals surface area contributed by atoms with Gasteiger partial charge in [0.25, 0.3) is 5.56 Å². The number of hydrogen-bond acceptors (Lipinski definition) is 2. The first-order chi connectivity index (χ1) is 16.1. The van der Waals surface area contributed by atoms with Gasteiger partial charge in [-0.05, 0) is 53.6 Å². The van der Waals surface area contributed by atoms with Crippen molar-refractivity contribution in [3.63, 3.8) is 0 Å². The maximum Gasteiger partial charge on any atom is 0.331 e. The SMILES string of the molecule is O=c1c2cc(Cl)ccc2n(Cc2ccccc2-c2ccccc2)c(=O)n1CC1CCCCC1. The first-order valence-electron chi connectivity index (χ1n) is 11.7. The first-order valence-corrected chi connectivity index (χ1v) is 12.1. The van der Waals surface area contributed by atoms with Crippen LogP contribution in [0.5, 0.6) is 0 Å². The van der Waals surface area contributed by atoms with Crippen LogP contribution in [0, 0.1) is 5.92 Å². The smallest absolute Gasteiger partial charge is 0.289 e. The van der Waals surface area contributed by atoms with Crippen LogP contribution in [-0.2, 0) is 13.1 Å². The third-order valence-electron chi connectivity index (χ3n) is 6.78. The molecule has 0 radical (unpaired) electrons. The van der Waals surface area contributed by atoms with Crippen molar-refractivity contribution in [3.8, 4) is 11.1 Å². The third-order valence-corrected chi connectivity index (χ3v) is 7.02. The summed E-state index contributed by atoms with van der Waals surface area (Å²) in [5.41, 5.74) is 3.35. The summed E-state index contributed by atoms with van der Waals surface area (Å²) in [6.07, 6.45) is 5.70. The van der Waals surface area contributed by atoms with Gasteiger partial charge in [-0.2, -0.15) is 0 Å². The minimum atomic E-state index is -0.247. The Morgan fingerprint density at radius 2 is 1.55 bits per heavy atom. The van der Waals surface area contributed by atoms with Crippen LogP contribution in [0.4, 0.5) is 0 Å². The van der Waals surface area contributed by atoms with E-state index in [1.165, 1.54) is 11.0 Å². The first kappa shape index (κ1) is 21.7. The minimum absolute atomic E-state index is 0.240. The van der Waals surface area contributed by atoms with Crippen molar-refractivity contribution in [3.05, 3.63) is 104 Å². The molecule has 0 N–H and O–H groups in total. The van der Waals surface area contributed by atoms with Gasteiger partial charge in [0, 0.05) is 11.6 Å². The fraction of sp³-hybridized carbons (Fsp3) is 0.286. The molecule has 1 aliphatic carbocycles. The Bertz CT molecular complexity index is 1400. The van der Waals surface area contributed by atoms with Gasteiger partial charge in [0.15, 0.2) is 0 Å². The molecule has 5 heteroatoms. The van der Waals surface area contributed by atoms with Crippen molar-refractivity contribution >= 4 is 22.5 Å².